The molecule has 0 aliphatic heterocycles. The molecule has 0 nitrogen and oxygen atoms in total. The first-order valence-electron chi connectivity index (χ1n) is 3.49. The van der Waals surface area contributed by atoms with Crippen molar-refractivity contribution in [3.8, 4) is 0 Å². The fraction of sp³-hybridized carbons (Fsp3) is 0.111. The van der Waals surface area contributed by atoms with Crippen molar-refractivity contribution in [1.29, 1.82) is 0 Å². The summed E-state index contributed by atoms with van der Waals surface area (Å²) in [5.41, 5.74) is 0.528. The molecule has 0 spiro atoms. The molecule has 0 saturated heterocycles. The molecule has 13 heavy (non-hydrogen) atoms. The van der Waals surface area contributed by atoms with E-state index < -0.39 is 6.18 Å². The minimum absolute atomic E-state index is 0.218. The minimum Gasteiger partial charge on any atom is -0.167 e. The van der Waals surface area contributed by atoms with Crippen molar-refractivity contribution in [3.05, 3.63) is 40.4 Å². The van der Waals surface area contributed by atoms with Crippen LogP contribution in [0.15, 0.2) is 34.8 Å². The van der Waals surface area contributed by atoms with Gasteiger partial charge in [-0.25, -0.2) is 0 Å². The van der Waals surface area contributed by atoms with E-state index in [0.29, 0.717) is 5.56 Å². The Morgan fingerprint density at radius 1 is 1.08 bits per heavy atom. The predicted molar refractivity (Wildman–Crippen MR) is 49.2 cm³/mol. The van der Waals surface area contributed by atoms with Gasteiger partial charge in [-0.05, 0) is 17.7 Å². The summed E-state index contributed by atoms with van der Waals surface area (Å²) in [5.74, 6) is 0. The Balaban J connectivity index is 2.75. The van der Waals surface area contributed by atoms with Crippen LogP contribution in [0.2, 0.25) is 0 Å². The van der Waals surface area contributed by atoms with E-state index in [9.17, 15) is 13.2 Å². The lowest BCUT2D eigenvalue weighted by Gasteiger charge is -1.97. The predicted octanol–water partition coefficient (Wildman–Crippen LogP) is 4.02. The van der Waals surface area contributed by atoms with E-state index in [1.807, 2.05) is 0 Å². The lowest BCUT2D eigenvalue weighted by Crippen LogP contribution is -1.99. The largest absolute Gasteiger partial charge is 0.409 e. The van der Waals surface area contributed by atoms with Gasteiger partial charge in [0.05, 0.1) is 0 Å². The molecule has 0 N–H and O–H groups in total. The molecule has 0 heterocycles. The van der Waals surface area contributed by atoms with Crippen LogP contribution in [0.25, 0.3) is 6.08 Å². The van der Waals surface area contributed by atoms with Gasteiger partial charge in [-0.1, -0.05) is 34.1 Å². The fourth-order valence-corrected chi connectivity index (χ4v) is 1.03. The van der Waals surface area contributed by atoms with E-state index in [1.165, 1.54) is 0 Å². The van der Waals surface area contributed by atoms with Gasteiger partial charge in [-0.15, -0.1) is 0 Å². The van der Waals surface area contributed by atoms with Crippen LogP contribution >= 0.6 is 15.9 Å². The lowest BCUT2D eigenvalue weighted by molar-refractivity contribution is -0.0790. The van der Waals surface area contributed by atoms with E-state index in [0.717, 1.165) is 10.5 Å². The van der Waals surface area contributed by atoms with Gasteiger partial charge in [0.15, 0.2) is 0 Å². The molecule has 0 bridgehead atoms. The summed E-state index contributed by atoms with van der Waals surface area (Å²) < 4.78 is 36.0. The van der Waals surface area contributed by atoms with Crippen molar-refractivity contribution in [2.45, 2.75) is 6.18 Å². The van der Waals surface area contributed by atoms with Gasteiger partial charge >= 0.3 is 6.18 Å². The summed E-state index contributed by atoms with van der Waals surface area (Å²) in [6.07, 6.45) is -2.99. The molecular formula is C9H6BrF3. The Morgan fingerprint density at radius 3 is 2.08 bits per heavy atom. The molecule has 0 aromatic heterocycles. The molecular weight excluding hydrogens is 245 g/mol. The third-order valence-corrected chi connectivity index (χ3v) is 1.86. The summed E-state index contributed by atoms with van der Waals surface area (Å²) in [4.78, 5) is 0. The number of halogens is 4. The number of rotatable bonds is 1. The molecule has 0 saturated carbocycles. The molecule has 1 aromatic rings. The van der Waals surface area contributed by atoms with Crippen LogP contribution < -0.4 is 0 Å². The lowest BCUT2D eigenvalue weighted by atomic mass is 10.2. The van der Waals surface area contributed by atoms with Crippen LogP contribution in [-0.2, 0) is 0 Å². The zero-order chi connectivity index (χ0) is 9.90. The Labute approximate surface area is 82.2 Å². The third kappa shape index (κ3) is 4.12. The average Bonchev–Trinajstić information content (AvgIpc) is 2.02. The van der Waals surface area contributed by atoms with E-state index in [2.05, 4.69) is 15.9 Å². The molecule has 1 aromatic carbocycles. The van der Waals surface area contributed by atoms with Gasteiger partial charge in [0.2, 0.25) is 0 Å². The summed E-state index contributed by atoms with van der Waals surface area (Å²) in [5, 5.41) is 0. The van der Waals surface area contributed by atoms with Gasteiger partial charge < -0.3 is 0 Å². The Bertz CT molecular complexity index is 298. The van der Waals surface area contributed by atoms with Gasteiger partial charge in [0, 0.05) is 10.5 Å². The van der Waals surface area contributed by atoms with Crippen molar-refractivity contribution < 1.29 is 13.2 Å². The molecule has 70 valence electrons. The Hall–Kier alpha value is -0.770. The second-order valence-corrected chi connectivity index (χ2v) is 3.34. The second-order valence-electron chi connectivity index (χ2n) is 2.43. The van der Waals surface area contributed by atoms with Crippen LogP contribution in [0, 0.1) is 0 Å². The monoisotopic (exact) mass is 250 g/mol. The van der Waals surface area contributed by atoms with Gasteiger partial charge in [0.25, 0.3) is 0 Å². The molecule has 4 heteroatoms. The van der Waals surface area contributed by atoms with E-state index in [1.54, 1.807) is 24.3 Å². The standard InChI is InChI=1S/C9H6BrF3/c10-8-3-1-7(2-4-8)5-6-9(11,12)13/h1-6H/b6-5-. The zero-order valence-electron chi connectivity index (χ0n) is 6.48. The summed E-state index contributed by atoms with van der Waals surface area (Å²) in [7, 11) is 0. The van der Waals surface area contributed by atoms with Crippen LogP contribution in [0.1, 0.15) is 5.56 Å². The molecule has 0 aliphatic carbocycles. The zero-order valence-corrected chi connectivity index (χ0v) is 8.06. The fourth-order valence-electron chi connectivity index (χ4n) is 0.765. The van der Waals surface area contributed by atoms with E-state index >= 15 is 0 Å². The van der Waals surface area contributed by atoms with Gasteiger partial charge in [-0.2, -0.15) is 13.2 Å². The first kappa shape index (κ1) is 10.3. The number of alkyl halides is 3. The normalized spacial score (nSPS) is 12.3. The SMILES string of the molecule is FC(F)(F)/C=C\c1ccc(Br)cc1. The first-order valence-corrected chi connectivity index (χ1v) is 4.28. The number of allylic oxidation sites excluding steroid dienone is 1. The highest BCUT2D eigenvalue weighted by Crippen LogP contribution is 2.18. The Kier molecular flexibility index (Phi) is 3.14. The maximum atomic E-state index is 11.7. The molecule has 0 unspecified atom stereocenters. The van der Waals surface area contributed by atoms with Crippen LogP contribution in [0.5, 0.6) is 0 Å². The summed E-state index contributed by atoms with van der Waals surface area (Å²) in [6.45, 7) is 0. The van der Waals surface area contributed by atoms with Crippen molar-refractivity contribution in [3.63, 3.8) is 0 Å². The van der Waals surface area contributed by atoms with Gasteiger partial charge in [0.1, 0.15) is 0 Å². The summed E-state index contributed by atoms with van der Waals surface area (Å²) >= 11 is 3.19. The van der Waals surface area contributed by atoms with E-state index in [-0.39, 0.29) is 6.08 Å². The molecule has 0 radical (unpaired) electrons. The minimum atomic E-state index is -4.24. The van der Waals surface area contributed by atoms with Crippen LogP contribution in [0.4, 0.5) is 13.2 Å². The highest BCUT2D eigenvalue weighted by Gasteiger charge is 2.21. The highest BCUT2D eigenvalue weighted by atomic mass is 79.9. The average molecular weight is 251 g/mol. The van der Waals surface area contributed by atoms with Crippen molar-refractivity contribution >= 4 is 22.0 Å². The van der Waals surface area contributed by atoms with Crippen LogP contribution in [-0.4, -0.2) is 6.18 Å². The molecule has 0 aliphatic rings. The van der Waals surface area contributed by atoms with Crippen molar-refractivity contribution in [1.82, 2.24) is 0 Å². The van der Waals surface area contributed by atoms with Gasteiger partial charge in [-0.3, -0.25) is 0 Å². The van der Waals surface area contributed by atoms with E-state index in [4.69, 9.17) is 0 Å². The quantitative estimate of drug-likeness (QED) is 0.706. The number of hydrogen-bond donors (Lipinski definition) is 0. The number of benzene rings is 1. The third-order valence-electron chi connectivity index (χ3n) is 1.33. The molecule has 0 fully saturated rings. The molecule has 0 atom stereocenters. The highest BCUT2D eigenvalue weighted by molar-refractivity contribution is 9.10. The molecule has 0 amide bonds. The van der Waals surface area contributed by atoms with Crippen molar-refractivity contribution in [2.24, 2.45) is 0 Å². The van der Waals surface area contributed by atoms with Crippen LogP contribution in [0.3, 0.4) is 0 Å². The first-order chi connectivity index (χ1) is 5.97. The second kappa shape index (κ2) is 3.96. The molecule has 1 rings (SSSR count). The topological polar surface area (TPSA) is 0 Å². The maximum absolute atomic E-state index is 11.7. The maximum Gasteiger partial charge on any atom is 0.409 e. The summed E-state index contributed by atoms with van der Waals surface area (Å²) in [6, 6.07) is 6.59. The number of hydrogen-bond acceptors (Lipinski definition) is 0. The smallest absolute Gasteiger partial charge is 0.167 e. The van der Waals surface area contributed by atoms with Crippen molar-refractivity contribution in [2.75, 3.05) is 0 Å². The Morgan fingerprint density at radius 2 is 1.62 bits per heavy atom.